The number of hydrogen-bond acceptors (Lipinski definition) is 2. The maximum absolute atomic E-state index is 3.96. The summed E-state index contributed by atoms with van der Waals surface area (Å²) < 4.78 is 0. The van der Waals surface area contributed by atoms with Gasteiger partial charge in [-0.25, -0.2) is 0 Å². The van der Waals surface area contributed by atoms with Crippen molar-refractivity contribution in [3.63, 3.8) is 0 Å². The lowest BCUT2D eigenvalue weighted by atomic mass is 10.2. The first kappa shape index (κ1) is 6.49. The first-order chi connectivity index (χ1) is 4.43. The van der Waals surface area contributed by atoms with Crippen LogP contribution in [-0.4, -0.2) is 18.8 Å². The summed E-state index contributed by atoms with van der Waals surface area (Å²) in [6.07, 6.45) is 6.90. The van der Waals surface area contributed by atoms with Gasteiger partial charge in [-0.3, -0.25) is 4.99 Å². The summed E-state index contributed by atoms with van der Waals surface area (Å²) in [5.41, 5.74) is 0. The molecule has 1 rings (SSSR count). The molecule has 0 saturated heterocycles. The van der Waals surface area contributed by atoms with Crippen molar-refractivity contribution in [2.24, 2.45) is 4.99 Å². The van der Waals surface area contributed by atoms with Crippen molar-refractivity contribution in [2.75, 3.05) is 6.54 Å². The van der Waals surface area contributed by atoms with E-state index in [-0.39, 0.29) is 0 Å². The third kappa shape index (κ3) is 1.98. The van der Waals surface area contributed by atoms with E-state index >= 15 is 0 Å². The third-order valence-corrected chi connectivity index (χ3v) is 1.34. The summed E-state index contributed by atoms with van der Waals surface area (Å²) >= 11 is 0. The Morgan fingerprint density at radius 1 is 1.78 bits per heavy atom. The molecule has 1 aliphatic rings. The Hall–Kier alpha value is -0.630. The van der Waals surface area contributed by atoms with Gasteiger partial charge in [-0.05, 0) is 12.6 Å². The van der Waals surface area contributed by atoms with Gasteiger partial charge in [-0.15, -0.1) is 0 Å². The van der Waals surface area contributed by atoms with E-state index in [0.717, 1.165) is 13.0 Å². The number of aliphatic imine (C=N–C) groups is 1. The Bertz CT molecular complexity index is 127. The maximum Gasteiger partial charge on any atom is 0.0317 e. The summed E-state index contributed by atoms with van der Waals surface area (Å²) in [6, 6.07) is 0.521. The second kappa shape index (κ2) is 3.41. The minimum atomic E-state index is 0.521. The van der Waals surface area contributed by atoms with Gasteiger partial charge in [0.05, 0.1) is 0 Å². The second-order valence-corrected chi connectivity index (χ2v) is 2.07. The molecule has 0 saturated carbocycles. The monoisotopic (exact) mass is 124 g/mol. The van der Waals surface area contributed by atoms with Gasteiger partial charge in [0.1, 0.15) is 0 Å². The third-order valence-electron chi connectivity index (χ3n) is 1.34. The Kier molecular flexibility index (Phi) is 2.46. The fourth-order valence-corrected chi connectivity index (χ4v) is 0.881. The van der Waals surface area contributed by atoms with Gasteiger partial charge >= 0.3 is 0 Å². The summed E-state index contributed by atoms with van der Waals surface area (Å²) in [5, 5.41) is 3.31. The van der Waals surface area contributed by atoms with Gasteiger partial charge in [-0.2, -0.15) is 0 Å². The highest BCUT2D eigenvalue weighted by molar-refractivity contribution is 5.60. The molecule has 1 N–H and O–H groups in total. The first-order valence-electron chi connectivity index (χ1n) is 3.35. The van der Waals surface area contributed by atoms with Crippen molar-refractivity contribution in [3.8, 4) is 0 Å². The standard InChI is InChI=1S/C7H12N2/c1-2-9-7-3-5-8-6-4-7/h3,5-7,9H,2,4H2,1H3. The molecule has 2 heteroatoms. The molecule has 2 nitrogen and oxygen atoms in total. The molecule has 0 fully saturated rings. The molecule has 0 aromatic heterocycles. The summed E-state index contributed by atoms with van der Waals surface area (Å²) in [7, 11) is 0. The summed E-state index contributed by atoms with van der Waals surface area (Å²) in [5.74, 6) is 0. The van der Waals surface area contributed by atoms with E-state index in [1.165, 1.54) is 0 Å². The van der Waals surface area contributed by atoms with E-state index in [0.29, 0.717) is 6.04 Å². The molecule has 0 radical (unpaired) electrons. The van der Waals surface area contributed by atoms with Crippen molar-refractivity contribution in [2.45, 2.75) is 19.4 Å². The lowest BCUT2D eigenvalue weighted by Crippen LogP contribution is -2.27. The number of hydrogen-bond donors (Lipinski definition) is 1. The van der Waals surface area contributed by atoms with Gasteiger partial charge in [0.2, 0.25) is 0 Å². The number of rotatable bonds is 2. The van der Waals surface area contributed by atoms with Crippen LogP contribution in [-0.2, 0) is 0 Å². The van der Waals surface area contributed by atoms with Crippen molar-refractivity contribution < 1.29 is 0 Å². The van der Waals surface area contributed by atoms with Crippen molar-refractivity contribution in [3.05, 3.63) is 12.3 Å². The summed E-state index contributed by atoms with van der Waals surface area (Å²) in [6.45, 7) is 3.14. The fourth-order valence-electron chi connectivity index (χ4n) is 0.881. The molecule has 0 amide bonds. The average molecular weight is 124 g/mol. The molecule has 0 spiro atoms. The van der Waals surface area contributed by atoms with Crippen molar-refractivity contribution in [1.82, 2.24) is 5.32 Å². The predicted octanol–water partition coefficient (Wildman–Crippen LogP) is 0.953. The second-order valence-electron chi connectivity index (χ2n) is 2.07. The maximum atomic E-state index is 3.96. The lowest BCUT2D eigenvalue weighted by Gasteiger charge is -2.11. The largest absolute Gasteiger partial charge is 0.310 e. The van der Waals surface area contributed by atoms with Gasteiger partial charge in [0.15, 0.2) is 0 Å². The zero-order chi connectivity index (χ0) is 6.53. The van der Waals surface area contributed by atoms with Crippen LogP contribution in [0.2, 0.25) is 0 Å². The Labute approximate surface area is 55.7 Å². The predicted molar refractivity (Wildman–Crippen MR) is 39.7 cm³/mol. The van der Waals surface area contributed by atoms with Gasteiger partial charge in [-0.1, -0.05) is 6.92 Å². The molecule has 0 aromatic carbocycles. The molecule has 50 valence electrons. The number of nitrogens with zero attached hydrogens (tertiary/aromatic N) is 1. The summed E-state index contributed by atoms with van der Waals surface area (Å²) in [4.78, 5) is 3.96. The highest BCUT2D eigenvalue weighted by atomic mass is 14.9. The highest BCUT2D eigenvalue weighted by Crippen LogP contribution is 1.96. The molecule has 1 atom stereocenters. The Balaban J connectivity index is 2.28. The van der Waals surface area contributed by atoms with E-state index in [1.54, 1.807) is 0 Å². The molecule has 0 aliphatic carbocycles. The molecule has 1 heterocycles. The van der Waals surface area contributed by atoms with Crippen LogP contribution in [0.15, 0.2) is 17.3 Å². The van der Waals surface area contributed by atoms with E-state index in [9.17, 15) is 0 Å². The molecule has 1 aliphatic heterocycles. The van der Waals surface area contributed by atoms with E-state index in [4.69, 9.17) is 0 Å². The molecule has 0 bridgehead atoms. The van der Waals surface area contributed by atoms with E-state index in [2.05, 4.69) is 23.3 Å². The van der Waals surface area contributed by atoms with Crippen LogP contribution < -0.4 is 5.32 Å². The minimum Gasteiger partial charge on any atom is -0.310 e. The zero-order valence-corrected chi connectivity index (χ0v) is 5.67. The van der Waals surface area contributed by atoms with Crippen LogP contribution in [0, 0.1) is 0 Å². The lowest BCUT2D eigenvalue weighted by molar-refractivity contribution is 0.632. The van der Waals surface area contributed by atoms with Gasteiger partial charge in [0, 0.05) is 24.9 Å². The molecular weight excluding hydrogens is 112 g/mol. The Morgan fingerprint density at radius 2 is 2.67 bits per heavy atom. The molecular formula is C7H12N2. The molecule has 1 unspecified atom stereocenters. The molecule has 0 aromatic rings. The van der Waals surface area contributed by atoms with Crippen LogP contribution in [0.4, 0.5) is 0 Å². The number of nitrogens with one attached hydrogen (secondary N) is 1. The normalized spacial score (nSPS) is 24.8. The van der Waals surface area contributed by atoms with Gasteiger partial charge in [0.25, 0.3) is 0 Å². The quantitative estimate of drug-likeness (QED) is 0.582. The van der Waals surface area contributed by atoms with Crippen LogP contribution in [0.5, 0.6) is 0 Å². The van der Waals surface area contributed by atoms with Crippen LogP contribution in [0.1, 0.15) is 13.3 Å². The van der Waals surface area contributed by atoms with Crippen molar-refractivity contribution >= 4 is 6.21 Å². The molecule has 9 heavy (non-hydrogen) atoms. The van der Waals surface area contributed by atoms with E-state index < -0.39 is 0 Å². The average Bonchev–Trinajstić information content (AvgIpc) is 1.91. The first-order valence-corrected chi connectivity index (χ1v) is 3.35. The van der Waals surface area contributed by atoms with E-state index in [1.807, 2.05) is 12.4 Å². The van der Waals surface area contributed by atoms with Crippen molar-refractivity contribution in [1.29, 1.82) is 0 Å². The zero-order valence-electron chi connectivity index (χ0n) is 5.67. The SMILES string of the molecule is CCNC1C=CN=CC1. The van der Waals surface area contributed by atoms with Crippen LogP contribution in [0.25, 0.3) is 0 Å². The van der Waals surface area contributed by atoms with Crippen LogP contribution in [0.3, 0.4) is 0 Å². The fraction of sp³-hybridized carbons (Fsp3) is 0.571. The van der Waals surface area contributed by atoms with Crippen LogP contribution >= 0.6 is 0 Å². The minimum absolute atomic E-state index is 0.521. The highest BCUT2D eigenvalue weighted by Gasteiger charge is 2.01. The topological polar surface area (TPSA) is 24.4 Å². The smallest absolute Gasteiger partial charge is 0.0317 e. The Morgan fingerprint density at radius 3 is 3.22 bits per heavy atom. The number of likely N-dealkylation sites (N-methyl/N-ethyl adjacent to an activating group) is 1. The van der Waals surface area contributed by atoms with Gasteiger partial charge < -0.3 is 5.32 Å².